The number of nitrogens with one attached hydrogen (secondary N) is 1. The summed E-state index contributed by atoms with van der Waals surface area (Å²) in [4.78, 5) is 0. The molecule has 0 aromatic carbocycles. The number of hydrogen-bond donors (Lipinski definition) is 1. The van der Waals surface area contributed by atoms with E-state index < -0.39 is 0 Å². The van der Waals surface area contributed by atoms with Gasteiger partial charge in [0.05, 0.1) is 19.3 Å². The summed E-state index contributed by atoms with van der Waals surface area (Å²) in [5, 5.41) is 3.55. The predicted octanol–water partition coefficient (Wildman–Crippen LogP) is 1.96. The molecule has 1 aliphatic rings. The molecule has 3 nitrogen and oxygen atoms in total. The third-order valence-electron chi connectivity index (χ3n) is 2.85. The van der Waals surface area contributed by atoms with Gasteiger partial charge in [0.2, 0.25) is 0 Å². The van der Waals surface area contributed by atoms with E-state index in [0.717, 1.165) is 26.4 Å². The van der Waals surface area contributed by atoms with Crippen LogP contribution >= 0.6 is 0 Å². The number of hydrogen-bond acceptors (Lipinski definition) is 3. The minimum atomic E-state index is 0.458. The van der Waals surface area contributed by atoms with Crippen molar-refractivity contribution >= 4 is 0 Å². The molecule has 1 aliphatic carbocycles. The van der Waals surface area contributed by atoms with Crippen LogP contribution in [-0.2, 0) is 9.47 Å². The molecule has 0 aromatic rings. The van der Waals surface area contributed by atoms with Gasteiger partial charge in [-0.1, -0.05) is 6.92 Å². The summed E-state index contributed by atoms with van der Waals surface area (Å²) in [5.74, 6) is 0. The lowest BCUT2D eigenvalue weighted by Gasteiger charge is -2.13. The zero-order chi connectivity index (χ0) is 10.9. The van der Waals surface area contributed by atoms with E-state index in [1.165, 1.54) is 25.7 Å². The third-order valence-corrected chi connectivity index (χ3v) is 2.85. The lowest BCUT2D eigenvalue weighted by molar-refractivity contribution is 0.00992. The van der Waals surface area contributed by atoms with E-state index in [1.54, 1.807) is 0 Å². The first kappa shape index (κ1) is 12.9. The lowest BCUT2D eigenvalue weighted by Crippen LogP contribution is -2.28. The summed E-state index contributed by atoms with van der Waals surface area (Å²) < 4.78 is 11.0. The van der Waals surface area contributed by atoms with Gasteiger partial charge in [0.15, 0.2) is 0 Å². The van der Waals surface area contributed by atoms with Gasteiger partial charge in [-0.05, 0) is 39.2 Å². The molecule has 3 heteroatoms. The molecule has 1 saturated carbocycles. The highest BCUT2D eigenvalue weighted by Crippen LogP contribution is 2.21. The average molecular weight is 215 g/mol. The van der Waals surface area contributed by atoms with Gasteiger partial charge in [-0.2, -0.15) is 0 Å². The van der Waals surface area contributed by atoms with Crippen LogP contribution in [0.4, 0.5) is 0 Å². The Morgan fingerprint density at radius 2 is 2.07 bits per heavy atom. The Labute approximate surface area is 93.5 Å². The van der Waals surface area contributed by atoms with Crippen LogP contribution in [0.15, 0.2) is 0 Å². The Bertz CT molecular complexity index is 153. The summed E-state index contributed by atoms with van der Waals surface area (Å²) in [7, 11) is 0. The van der Waals surface area contributed by atoms with Crippen molar-refractivity contribution in [2.45, 2.75) is 51.7 Å². The van der Waals surface area contributed by atoms with E-state index in [1.807, 2.05) is 6.92 Å². The molecule has 0 radical (unpaired) electrons. The largest absolute Gasteiger partial charge is 0.379 e. The van der Waals surface area contributed by atoms with E-state index in [4.69, 9.17) is 9.47 Å². The summed E-state index contributed by atoms with van der Waals surface area (Å²) >= 11 is 0. The molecule has 0 saturated heterocycles. The average Bonchev–Trinajstić information content (AvgIpc) is 2.69. The van der Waals surface area contributed by atoms with E-state index in [-0.39, 0.29) is 0 Å². The maximum atomic E-state index is 5.75. The molecule has 2 unspecified atom stereocenters. The van der Waals surface area contributed by atoms with Gasteiger partial charge in [0.1, 0.15) is 0 Å². The summed E-state index contributed by atoms with van der Waals surface area (Å²) in [6, 6.07) is 0.682. The minimum Gasteiger partial charge on any atom is -0.379 e. The van der Waals surface area contributed by atoms with Crippen molar-refractivity contribution in [1.82, 2.24) is 5.32 Å². The van der Waals surface area contributed by atoms with Gasteiger partial charge in [0, 0.05) is 12.6 Å². The smallest absolute Gasteiger partial charge is 0.0704 e. The molecule has 0 aliphatic heterocycles. The van der Waals surface area contributed by atoms with Crippen LogP contribution in [-0.4, -0.2) is 38.5 Å². The SMILES string of the molecule is CCCNC1CCC(OCCOCC)C1. The molecular weight excluding hydrogens is 190 g/mol. The fraction of sp³-hybridized carbons (Fsp3) is 1.00. The van der Waals surface area contributed by atoms with Gasteiger partial charge < -0.3 is 14.8 Å². The van der Waals surface area contributed by atoms with Gasteiger partial charge in [-0.3, -0.25) is 0 Å². The van der Waals surface area contributed by atoms with Crippen LogP contribution in [0.2, 0.25) is 0 Å². The maximum absolute atomic E-state index is 5.75. The quantitative estimate of drug-likeness (QED) is 0.628. The first-order chi connectivity index (χ1) is 7.36. The Hall–Kier alpha value is -0.120. The standard InChI is InChI=1S/C12H25NO2/c1-3-7-13-11-5-6-12(10-11)15-9-8-14-4-2/h11-13H,3-10H2,1-2H3. The van der Waals surface area contributed by atoms with Crippen molar-refractivity contribution in [2.24, 2.45) is 0 Å². The molecule has 1 N–H and O–H groups in total. The minimum absolute atomic E-state index is 0.458. The molecule has 2 atom stereocenters. The monoisotopic (exact) mass is 215 g/mol. The highest BCUT2D eigenvalue weighted by atomic mass is 16.5. The molecule has 90 valence electrons. The van der Waals surface area contributed by atoms with Crippen LogP contribution in [0.25, 0.3) is 0 Å². The Kier molecular flexibility index (Phi) is 6.98. The van der Waals surface area contributed by atoms with Gasteiger partial charge in [-0.15, -0.1) is 0 Å². The maximum Gasteiger partial charge on any atom is 0.0704 e. The zero-order valence-electron chi connectivity index (χ0n) is 10.1. The second-order valence-corrected chi connectivity index (χ2v) is 4.15. The molecular formula is C12H25NO2. The Balaban J connectivity index is 1.98. The Morgan fingerprint density at radius 3 is 2.80 bits per heavy atom. The molecule has 0 aromatic heterocycles. The fourth-order valence-corrected chi connectivity index (χ4v) is 2.04. The van der Waals surface area contributed by atoms with Gasteiger partial charge in [-0.25, -0.2) is 0 Å². The fourth-order valence-electron chi connectivity index (χ4n) is 2.04. The lowest BCUT2D eigenvalue weighted by atomic mass is 10.2. The van der Waals surface area contributed by atoms with E-state index in [2.05, 4.69) is 12.2 Å². The highest BCUT2D eigenvalue weighted by Gasteiger charge is 2.24. The van der Waals surface area contributed by atoms with Gasteiger partial charge >= 0.3 is 0 Å². The molecule has 1 rings (SSSR count). The zero-order valence-corrected chi connectivity index (χ0v) is 10.1. The normalized spacial score (nSPS) is 26.0. The topological polar surface area (TPSA) is 30.5 Å². The Morgan fingerprint density at radius 1 is 1.20 bits per heavy atom. The van der Waals surface area contributed by atoms with Crippen molar-refractivity contribution in [3.63, 3.8) is 0 Å². The van der Waals surface area contributed by atoms with Crippen molar-refractivity contribution in [2.75, 3.05) is 26.4 Å². The van der Waals surface area contributed by atoms with E-state index in [9.17, 15) is 0 Å². The van der Waals surface area contributed by atoms with Gasteiger partial charge in [0.25, 0.3) is 0 Å². The van der Waals surface area contributed by atoms with Crippen LogP contribution in [0.5, 0.6) is 0 Å². The first-order valence-corrected chi connectivity index (χ1v) is 6.29. The molecule has 1 fully saturated rings. The number of ether oxygens (including phenoxy) is 2. The summed E-state index contributed by atoms with van der Waals surface area (Å²) in [5.41, 5.74) is 0. The summed E-state index contributed by atoms with van der Waals surface area (Å²) in [6.45, 7) is 7.63. The molecule has 15 heavy (non-hydrogen) atoms. The van der Waals surface area contributed by atoms with Crippen LogP contribution < -0.4 is 5.32 Å². The highest BCUT2D eigenvalue weighted by molar-refractivity contribution is 4.80. The first-order valence-electron chi connectivity index (χ1n) is 6.29. The van der Waals surface area contributed by atoms with Crippen molar-refractivity contribution in [3.8, 4) is 0 Å². The van der Waals surface area contributed by atoms with Crippen LogP contribution in [0.3, 0.4) is 0 Å². The predicted molar refractivity (Wildman–Crippen MR) is 62.2 cm³/mol. The molecule has 0 heterocycles. The molecule has 0 amide bonds. The molecule has 0 spiro atoms. The van der Waals surface area contributed by atoms with Crippen LogP contribution in [0, 0.1) is 0 Å². The summed E-state index contributed by atoms with van der Waals surface area (Å²) in [6.07, 6.45) is 5.31. The van der Waals surface area contributed by atoms with Crippen LogP contribution in [0.1, 0.15) is 39.5 Å². The third kappa shape index (κ3) is 5.50. The van der Waals surface area contributed by atoms with Crippen molar-refractivity contribution in [3.05, 3.63) is 0 Å². The van der Waals surface area contributed by atoms with Crippen molar-refractivity contribution in [1.29, 1.82) is 0 Å². The second kappa shape index (κ2) is 8.08. The van der Waals surface area contributed by atoms with Crippen molar-refractivity contribution < 1.29 is 9.47 Å². The second-order valence-electron chi connectivity index (χ2n) is 4.15. The number of rotatable bonds is 8. The van der Waals surface area contributed by atoms with E-state index in [0.29, 0.717) is 12.1 Å². The molecule has 0 bridgehead atoms. The van der Waals surface area contributed by atoms with E-state index >= 15 is 0 Å².